The Morgan fingerprint density at radius 3 is 2.62 bits per heavy atom. The first-order valence-electron chi connectivity index (χ1n) is 8.17. The van der Waals surface area contributed by atoms with E-state index in [9.17, 15) is 13.2 Å². The van der Waals surface area contributed by atoms with Crippen molar-refractivity contribution in [1.29, 1.82) is 0 Å². The van der Waals surface area contributed by atoms with Crippen LogP contribution in [0.4, 0.5) is 18.9 Å². The van der Waals surface area contributed by atoms with Gasteiger partial charge in [0, 0.05) is 22.1 Å². The number of halogens is 4. The number of aliphatic carboxylic acids is 1. The monoisotopic (exact) mass is 434 g/mol. The molecule has 0 bridgehead atoms. The maximum atomic E-state index is 10.6. The Morgan fingerprint density at radius 2 is 2.08 bits per heavy atom. The minimum Gasteiger partial charge on any atom is -0.475 e. The number of hydrogen-bond acceptors (Lipinski definition) is 3. The first kappa shape index (κ1) is 20.8. The molecule has 2 aliphatic heterocycles. The molecule has 0 unspecified atom stereocenters. The number of likely N-dealkylation sites (N-methyl/N-ethyl adjacent to an activating group) is 1. The molecular formula is C18H22BrF3N2O2. The Morgan fingerprint density at radius 1 is 1.46 bits per heavy atom. The molecule has 0 aliphatic carbocycles. The predicted molar refractivity (Wildman–Crippen MR) is 98.2 cm³/mol. The molecule has 1 saturated heterocycles. The van der Waals surface area contributed by atoms with Gasteiger partial charge in [0.25, 0.3) is 0 Å². The molecule has 0 saturated carbocycles. The summed E-state index contributed by atoms with van der Waals surface area (Å²) in [5, 5.41) is 10.8. The van der Waals surface area contributed by atoms with Crippen LogP contribution in [0.5, 0.6) is 0 Å². The molecule has 2 heterocycles. The van der Waals surface area contributed by atoms with Crippen molar-refractivity contribution in [3.63, 3.8) is 0 Å². The van der Waals surface area contributed by atoms with Crippen molar-refractivity contribution in [1.82, 2.24) is 4.90 Å². The molecule has 1 fully saturated rings. The lowest BCUT2D eigenvalue weighted by Gasteiger charge is -2.30. The largest absolute Gasteiger partial charge is 0.490 e. The summed E-state index contributed by atoms with van der Waals surface area (Å²) in [5.74, 6) is -2.76. The van der Waals surface area contributed by atoms with Crippen LogP contribution < -0.4 is 5.32 Å². The molecule has 0 radical (unpaired) electrons. The summed E-state index contributed by atoms with van der Waals surface area (Å²) < 4.78 is 32.9. The zero-order valence-electron chi connectivity index (χ0n) is 14.8. The van der Waals surface area contributed by atoms with Gasteiger partial charge in [0.2, 0.25) is 0 Å². The van der Waals surface area contributed by atoms with Gasteiger partial charge in [0.15, 0.2) is 0 Å². The van der Waals surface area contributed by atoms with Crippen molar-refractivity contribution in [3.05, 3.63) is 39.9 Å². The second-order valence-electron chi connectivity index (χ2n) is 6.91. The third kappa shape index (κ3) is 4.23. The quantitative estimate of drug-likeness (QED) is 0.658. The van der Waals surface area contributed by atoms with Crippen molar-refractivity contribution in [2.45, 2.75) is 44.4 Å². The van der Waals surface area contributed by atoms with Crippen molar-refractivity contribution in [2.24, 2.45) is 0 Å². The fourth-order valence-electron chi connectivity index (χ4n) is 3.52. The highest BCUT2D eigenvalue weighted by Crippen LogP contribution is 2.51. The zero-order chi connectivity index (χ0) is 19.7. The summed E-state index contributed by atoms with van der Waals surface area (Å²) in [6.07, 6.45) is 0.115. The molecule has 2 N–H and O–H groups in total. The van der Waals surface area contributed by atoms with Gasteiger partial charge in [-0.05, 0) is 51.4 Å². The Hall–Kier alpha value is -1.54. The van der Waals surface area contributed by atoms with Crippen LogP contribution in [-0.4, -0.2) is 41.9 Å². The van der Waals surface area contributed by atoms with Gasteiger partial charge in [-0.2, -0.15) is 13.2 Å². The van der Waals surface area contributed by atoms with E-state index in [1.165, 1.54) is 29.8 Å². The number of rotatable bonds is 2. The number of nitrogens with zero attached hydrogens (tertiary/aromatic N) is 1. The van der Waals surface area contributed by atoms with E-state index >= 15 is 0 Å². The van der Waals surface area contributed by atoms with Gasteiger partial charge in [-0.3, -0.25) is 4.90 Å². The summed E-state index contributed by atoms with van der Waals surface area (Å²) in [4.78, 5) is 11.3. The lowest BCUT2D eigenvalue weighted by Crippen LogP contribution is -2.41. The highest BCUT2D eigenvalue weighted by atomic mass is 79.9. The van der Waals surface area contributed by atoms with Crippen LogP contribution in [0.25, 0.3) is 0 Å². The number of carboxylic acid groups (broad SMARTS) is 1. The number of anilines is 1. The third-order valence-electron chi connectivity index (χ3n) is 4.80. The summed E-state index contributed by atoms with van der Waals surface area (Å²) in [6.45, 7) is 5.55. The lowest BCUT2D eigenvalue weighted by molar-refractivity contribution is -0.192. The van der Waals surface area contributed by atoms with Crippen LogP contribution in [-0.2, 0) is 10.2 Å². The Labute approximate surface area is 159 Å². The van der Waals surface area contributed by atoms with Crippen LogP contribution in [0.2, 0.25) is 0 Å². The molecule has 1 aromatic carbocycles. The lowest BCUT2D eigenvalue weighted by atomic mass is 9.76. The number of nitrogens with one attached hydrogen (secondary N) is 1. The topological polar surface area (TPSA) is 52.6 Å². The average molecular weight is 435 g/mol. The number of fused-ring (bicyclic) bond motifs is 3. The van der Waals surface area contributed by atoms with E-state index in [0.29, 0.717) is 6.17 Å². The Bertz CT molecular complexity index is 717. The van der Waals surface area contributed by atoms with Crippen molar-refractivity contribution >= 4 is 27.6 Å². The van der Waals surface area contributed by atoms with Crippen LogP contribution in [0.3, 0.4) is 0 Å². The van der Waals surface area contributed by atoms with Crippen LogP contribution >= 0.6 is 15.9 Å². The highest BCUT2D eigenvalue weighted by Gasteiger charge is 2.51. The molecule has 0 spiro atoms. The average Bonchev–Trinajstić information content (AvgIpc) is 3.00. The van der Waals surface area contributed by atoms with Crippen molar-refractivity contribution in [3.8, 4) is 0 Å². The standard InChI is InChI=1S/C16H21BrN2.C2HF3O2/c1-11(2)6-7-16-8-9-19(3)15(16)18-14-10-12(17)4-5-13(14)16;3-2(4,5)1(6)7/h4-6,10,15,18H,7-9H2,1-3H3;(H,6,7)/t15-,16-;/m0./s1. The maximum absolute atomic E-state index is 10.6. The molecular weight excluding hydrogens is 413 g/mol. The number of hydrogen-bond donors (Lipinski definition) is 2. The molecule has 2 aliphatic rings. The smallest absolute Gasteiger partial charge is 0.475 e. The van der Waals surface area contributed by atoms with Gasteiger partial charge in [0.05, 0.1) is 6.17 Å². The molecule has 1 aromatic rings. The van der Waals surface area contributed by atoms with Crippen molar-refractivity contribution in [2.75, 3.05) is 18.9 Å². The second-order valence-corrected chi connectivity index (χ2v) is 7.83. The number of carbonyl (C=O) groups is 1. The fraction of sp³-hybridized carbons (Fsp3) is 0.500. The van der Waals surface area contributed by atoms with E-state index in [4.69, 9.17) is 9.90 Å². The van der Waals surface area contributed by atoms with E-state index in [1.807, 2.05) is 0 Å². The Balaban J connectivity index is 0.000000298. The van der Waals surface area contributed by atoms with E-state index in [1.54, 1.807) is 0 Å². The van der Waals surface area contributed by atoms with Gasteiger partial charge in [-0.15, -0.1) is 0 Å². The summed E-state index contributed by atoms with van der Waals surface area (Å²) in [5.41, 5.74) is 4.45. The van der Waals surface area contributed by atoms with Crippen LogP contribution in [0.1, 0.15) is 32.3 Å². The summed E-state index contributed by atoms with van der Waals surface area (Å²) >= 11 is 3.57. The van der Waals surface area contributed by atoms with Gasteiger partial charge in [-0.1, -0.05) is 33.6 Å². The normalized spacial score (nSPS) is 24.0. The van der Waals surface area contributed by atoms with E-state index in [0.717, 1.165) is 10.9 Å². The minimum atomic E-state index is -5.08. The van der Waals surface area contributed by atoms with E-state index < -0.39 is 12.1 Å². The fourth-order valence-corrected chi connectivity index (χ4v) is 3.88. The summed E-state index contributed by atoms with van der Waals surface area (Å²) in [6, 6.07) is 6.68. The third-order valence-corrected chi connectivity index (χ3v) is 5.30. The number of allylic oxidation sites excluding steroid dienone is 2. The number of benzene rings is 1. The molecule has 26 heavy (non-hydrogen) atoms. The predicted octanol–water partition coefficient (Wildman–Crippen LogP) is 4.76. The first-order valence-corrected chi connectivity index (χ1v) is 8.97. The van der Waals surface area contributed by atoms with Gasteiger partial charge in [-0.25, -0.2) is 4.79 Å². The van der Waals surface area contributed by atoms with E-state index in [2.05, 4.69) is 71.3 Å². The van der Waals surface area contributed by atoms with Crippen LogP contribution in [0.15, 0.2) is 34.3 Å². The Kier molecular flexibility index (Phi) is 6.07. The molecule has 144 valence electrons. The first-order chi connectivity index (χ1) is 12.0. The zero-order valence-corrected chi connectivity index (χ0v) is 16.4. The van der Waals surface area contributed by atoms with Gasteiger partial charge >= 0.3 is 12.1 Å². The number of likely N-dealkylation sites (tertiary alicyclic amines) is 1. The molecule has 8 heteroatoms. The molecule has 0 aromatic heterocycles. The van der Waals surface area contributed by atoms with Crippen molar-refractivity contribution < 1.29 is 23.1 Å². The molecule has 3 rings (SSSR count). The van der Waals surface area contributed by atoms with Gasteiger partial charge < -0.3 is 10.4 Å². The molecule has 2 atom stereocenters. The summed E-state index contributed by atoms with van der Waals surface area (Å²) in [7, 11) is 2.23. The second kappa shape index (κ2) is 7.60. The number of alkyl halides is 3. The minimum absolute atomic E-state index is 0.252. The van der Waals surface area contributed by atoms with Gasteiger partial charge in [0.1, 0.15) is 0 Å². The molecule has 4 nitrogen and oxygen atoms in total. The van der Waals surface area contributed by atoms with Crippen LogP contribution in [0, 0.1) is 0 Å². The molecule has 0 amide bonds. The SMILES string of the molecule is CC(C)=CC[C@@]12CCN(C)[C@@H]1Nc1cc(Br)ccc12.O=C(O)C(F)(F)F. The maximum Gasteiger partial charge on any atom is 0.490 e. The van der Waals surface area contributed by atoms with E-state index in [-0.39, 0.29) is 5.41 Å². The highest BCUT2D eigenvalue weighted by molar-refractivity contribution is 9.10. The number of carboxylic acids is 1.